The third-order valence-corrected chi connectivity index (χ3v) is 8.13. The lowest BCUT2D eigenvalue weighted by molar-refractivity contribution is 0.103. The van der Waals surface area contributed by atoms with E-state index < -0.39 is 21.8 Å². The molecule has 1 saturated heterocycles. The Kier molecular flexibility index (Phi) is 5.53. The molecule has 4 heterocycles. The van der Waals surface area contributed by atoms with Gasteiger partial charge in [-0.05, 0) is 43.9 Å². The molecular weight excluding hydrogens is 483 g/mol. The van der Waals surface area contributed by atoms with Crippen LogP contribution in [0.3, 0.4) is 0 Å². The van der Waals surface area contributed by atoms with E-state index in [4.69, 9.17) is 0 Å². The third-order valence-electron chi connectivity index (χ3n) is 6.61. The second-order valence-electron chi connectivity index (χ2n) is 9.14. The van der Waals surface area contributed by atoms with Gasteiger partial charge in [-0.3, -0.25) is 9.52 Å². The summed E-state index contributed by atoms with van der Waals surface area (Å²) in [7, 11) is -3.90. The maximum absolute atomic E-state index is 15.4. The molecule has 2 N–H and O–H groups in total. The molecular formula is C25H23FN6O3S. The molecule has 0 spiro atoms. The van der Waals surface area contributed by atoms with Crippen molar-refractivity contribution in [1.82, 2.24) is 24.2 Å². The van der Waals surface area contributed by atoms with Crippen LogP contribution in [-0.2, 0) is 10.2 Å². The predicted octanol–water partition coefficient (Wildman–Crippen LogP) is 4.02. The molecule has 3 aromatic heterocycles. The van der Waals surface area contributed by atoms with Crippen molar-refractivity contribution in [3.63, 3.8) is 0 Å². The topological polar surface area (TPSA) is 121 Å². The zero-order chi connectivity index (χ0) is 24.9. The number of pyridine rings is 1. The quantitative estimate of drug-likeness (QED) is 0.365. The molecule has 9 nitrogen and oxygen atoms in total. The first-order chi connectivity index (χ1) is 17.4. The van der Waals surface area contributed by atoms with Crippen LogP contribution >= 0.6 is 0 Å². The van der Waals surface area contributed by atoms with Crippen molar-refractivity contribution in [2.75, 3.05) is 17.8 Å². The van der Waals surface area contributed by atoms with E-state index in [-0.39, 0.29) is 16.8 Å². The first kappa shape index (κ1) is 22.7. The molecule has 11 heteroatoms. The van der Waals surface area contributed by atoms with Crippen LogP contribution in [0.5, 0.6) is 0 Å². The summed E-state index contributed by atoms with van der Waals surface area (Å²) >= 11 is 0. The molecule has 36 heavy (non-hydrogen) atoms. The fraction of sp³-hybridized carbons (Fsp3) is 0.280. The van der Waals surface area contributed by atoms with Crippen LogP contribution in [-0.4, -0.2) is 51.5 Å². The van der Waals surface area contributed by atoms with Gasteiger partial charge in [0.05, 0.1) is 11.3 Å². The molecule has 0 radical (unpaired) electrons. The van der Waals surface area contributed by atoms with E-state index in [0.717, 1.165) is 42.6 Å². The van der Waals surface area contributed by atoms with E-state index in [1.54, 1.807) is 24.7 Å². The number of hydrogen-bond donors (Lipinski definition) is 2. The van der Waals surface area contributed by atoms with Crippen molar-refractivity contribution in [1.29, 1.82) is 0 Å². The van der Waals surface area contributed by atoms with Crippen molar-refractivity contribution in [3.05, 3.63) is 71.8 Å². The first-order valence-electron chi connectivity index (χ1n) is 11.8. The van der Waals surface area contributed by atoms with Gasteiger partial charge in [-0.25, -0.2) is 19.3 Å². The van der Waals surface area contributed by atoms with Gasteiger partial charge in [0.1, 0.15) is 11.5 Å². The summed E-state index contributed by atoms with van der Waals surface area (Å²) in [6, 6.07) is 5.89. The number of rotatable bonds is 7. The van der Waals surface area contributed by atoms with Gasteiger partial charge in [0.15, 0.2) is 11.6 Å². The Morgan fingerprint density at radius 2 is 1.75 bits per heavy atom. The van der Waals surface area contributed by atoms with Gasteiger partial charge in [-0.15, -0.1) is 0 Å². The third kappa shape index (κ3) is 4.14. The Hall–Kier alpha value is -3.70. The van der Waals surface area contributed by atoms with Crippen LogP contribution in [0.1, 0.15) is 53.3 Å². The molecule has 1 aliphatic carbocycles. The number of halogens is 1. The van der Waals surface area contributed by atoms with Crippen molar-refractivity contribution in [2.24, 2.45) is 0 Å². The van der Waals surface area contributed by atoms with Crippen LogP contribution in [0, 0.1) is 5.82 Å². The number of aromatic nitrogens is 4. The number of H-pyrrole nitrogens is 1. The van der Waals surface area contributed by atoms with Crippen molar-refractivity contribution in [2.45, 2.75) is 31.6 Å². The normalized spacial score (nSPS) is 16.5. The fourth-order valence-electron chi connectivity index (χ4n) is 4.45. The molecule has 1 aromatic carbocycles. The number of ketones is 1. The molecule has 0 amide bonds. The smallest absolute Gasteiger partial charge is 0.301 e. The zero-order valence-electron chi connectivity index (χ0n) is 19.2. The van der Waals surface area contributed by atoms with Gasteiger partial charge in [-0.1, -0.05) is 6.07 Å². The fourth-order valence-corrected chi connectivity index (χ4v) is 5.76. The predicted molar refractivity (Wildman–Crippen MR) is 132 cm³/mol. The molecule has 0 bridgehead atoms. The number of anilines is 1. The highest BCUT2D eigenvalue weighted by atomic mass is 32.2. The minimum atomic E-state index is -3.90. The van der Waals surface area contributed by atoms with E-state index in [2.05, 4.69) is 24.7 Å². The number of carbonyl (C=O) groups is 1. The summed E-state index contributed by atoms with van der Waals surface area (Å²) in [6.45, 7) is 0.767. The number of hydrogen-bond acceptors (Lipinski definition) is 6. The number of nitrogens with one attached hydrogen (secondary N) is 2. The highest BCUT2D eigenvalue weighted by Crippen LogP contribution is 2.38. The Bertz CT molecular complexity index is 1580. The minimum absolute atomic E-state index is 0.230. The molecule has 4 aromatic rings. The highest BCUT2D eigenvalue weighted by Gasteiger charge is 2.28. The average molecular weight is 507 g/mol. The van der Waals surface area contributed by atoms with Crippen LogP contribution in [0.25, 0.3) is 22.2 Å². The van der Waals surface area contributed by atoms with E-state index in [9.17, 15) is 13.2 Å². The average Bonchev–Trinajstić information content (AvgIpc) is 3.39. The Morgan fingerprint density at radius 1 is 1.03 bits per heavy atom. The molecule has 2 aliphatic rings. The minimum Gasteiger partial charge on any atom is -0.345 e. The Morgan fingerprint density at radius 3 is 2.47 bits per heavy atom. The van der Waals surface area contributed by atoms with Crippen LogP contribution in [0.2, 0.25) is 0 Å². The van der Waals surface area contributed by atoms with E-state index in [1.165, 1.54) is 28.7 Å². The lowest BCUT2D eigenvalue weighted by atomic mass is 10.0. The number of nitrogens with zero attached hydrogens (tertiary/aromatic N) is 4. The van der Waals surface area contributed by atoms with Crippen molar-refractivity contribution in [3.8, 4) is 11.1 Å². The molecule has 0 unspecified atom stereocenters. The second-order valence-corrected chi connectivity index (χ2v) is 10.8. The second kappa shape index (κ2) is 8.75. The molecule has 2 fully saturated rings. The van der Waals surface area contributed by atoms with Crippen LogP contribution < -0.4 is 4.72 Å². The summed E-state index contributed by atoms with van der Waals surface area (Å²) < 4.78 is 44.2. The summed E-state index contributed by atoms with van der Waals surface area (Å²) in [4.78, 5) is 29.6. The van der Waals surface area contributed by atoms with Crippen molar-refractivity contribution >= 4 is 32.7 Å². The van der Waals surface area contributed by atoms with Gasteiger partial charge < -0.3 is 4.98 Å². The van der Waals surface area contributed by atoms with Gasteiger partial charge in [0.2, 0.25) is 0 Å². The number of aromatic amines is 1. The maximum atomic E-state index is 15.4. The summed E-state index contributed by atoms with van der Waals surface area (Å²) in [5, 5.41) is 0.520. The maximum Gasteiger partial charge on any atom is 0.301 e. The summed E-state index contributed by atoms with van der Waals surface area (Å²) in [5.41, 5.74) is 1.69. The van der Waals surface area contributed by atoms with Crippen LogP contribution in [0.4, 0.5) is 10.1 Å². The molecule has 6 rings (SSSR count). The van der Waals surface area contributed by atoms with E-state index >= 15 is 4.39 Å². The lowest BCUT2D eigenvalue weighted by Crippen LogP contribution is -2.33. The highest BCUT2D eigenvalue weighted by molar-refractivity contribution is 7.90. The van der Waals surface area contributed by atoms with Gasteiger partial charge in [0, 0.05) is 65.9 Å². The summed E-state index contributed by atoms with van der Waals surface area (Å²) in [6.07, 6.45) is 10.4. The standard InChI is InChI=1S/C25H23FN6O3S/c26-22-18(4-3-5-21(22)31-36(34,35)32-8-1-2-9-32)23(33)20-14-30-25-19(20)10-16(11-29-25)17-12-27-24(28-13-17)15-6-7-15/h3-5,10-15,31H,1-2,6-9H2,(H,29,30). The molecule has 0 atom stereocenters. The number of fused-ring (bicyclic) bond motifs is 1. The van der Waals surface area contributed by atoms with Gasteiger partial charge in [0.25, 0.3) is 0 Å². The summed E-state index contributed by atoms with van der Waals surface area (Å²) in [5.74, 6) is -0.229. The number of carbonyl (C=O) groups excluding carboxylic acids is 1. The molecule has 1 aliphatic heterocycles. The lowest BCUT2D eigenvalue weighted by Gasteiger charge is -2.17. The zero-order valence-corrected chi connectivity index (χ0v) is 20.1. The SMILES string of the molecule is O=C(c1cccc(NS(=O)(=O)N2CCCC2)c1F)c1c[nH]c2ncc(-c3cnc(C4CC4)nc3)cc12. The van der Waals surface area contributed by atoms with E-state index in [1.807, 2.05) is 0 Å². The Balaban J connectivity index is 1.32. The first-order valence-corrected chi connectivity index (χ1v) is 13.3. The van der Waals surface area contributed by atoms with Gasteiger partial charge >= 0.3 is 10.2 Å². The van der Waals surface area contributed by atoms with Crippen LogP contribution in [0.15, 0.2) is 49.1 Å². The molecule has 1 saturated carbocycles. The largest absolute Gasteiger partial charge is 0.345 e. The monoisotopic (exact) mass is 506 g/mol. The van der Waals surface area contributed by atoms with E-state index in [0.29, 0.717) is 30.0 Å². The number of benzene rings is 1. The molecule has 184 valence electrons. The Labute approximate surface area is 207 Å². The van der Waals surface area contributed by atoms with Gasteiger partial charge in [-0.2, -0.15) is 12.7 Å². The van der Waals surface area contributed by atoms with Crippen molar-refractivity contribution < 1.29 is 17.6 Å².